The maximum absolute atomic E-state index is 10.4. The van der Waals surface area contributed by atoms with E-state index < -0.39 is 30.0 Å². The van der Waals surface area contributed by atoms with E-state index in [1.165, 1.54) is 0 Å². The van der Waals surface area contributed by atoms with Crippen molar-refractivity contribution in [3.05, 3.63) is 35.9 Å². The van der Waals surface area contributed by atoms with Gasteiger partial charge in [0.2, 0.25) is 0 Å². The van der Waals surface area contributed by atoms with E-state index in [0.717, 1.165) is 24.9 Å². The van der Waals surface area contributed by atoms with Gasteiger partial charge in [-0.15, -0.1) is 0 Å². The molecule has 2 rings (SSSR count). The van der Waals surface area contributed by atoms with E-state index in [4.69, 9.17) is 38.3 Å². The number of carboxylic acid groups (broad SMARTS) is 3. The number of aliphatic imine (C=N–C) groups is 1. The van der Waals surface area contributed by atoms with Gasteiger partial charge in [-0.1, -0.05) is 30.3 Å². The molecule has 0 bridgehead atoms. The summed E-state index contributed by atoms with van der Waals surface area (Å²) in [6.45, 7) is 1.28. The van der Waals surface area contributed by atoms with Gasteiger partial charge in [0.25, 0.3) is 0 Å². The van der Waals surface area contributed by atoms with E-state index in [1.807, 2.05) is 30.3 Å². The van der Waals surface area contributed by atoms with Crippen molar-refractivity contribution in [3.63, 3.8) is 0 Å². The molecule has 0 unspecified atom stereocenters. The molecule has 180 valence electrons. The number of nitrogens with one attached hydrogen (secondary N) is 1. The predicted molar refractivity (Wildman–Crippen MR) is 120 cm³/mol. The van der Waals surface area contributed by atoms with Crippen molar-refractivity contribution < 1.29 is 29.7 Å². The molecule has 1 aliphatic heterocycles. The van der Waals surface area contributed by atoms with Crippen molar-refractivity contribution in [2.75, 3.05) is 13.1 Å². The predicted octanol–water partition coefficient (Wildman–Crippen LogP) is -1.08. The maximum Gasteiger partial charge on any atom is 0.320 e. The van der Waals surface area contributed by atoms with Gasteiger partial charge < -0.3 is 43.6 Å². The third-order valence-corrected chi connectivity index (χ3v) is 4.26. The van der Waals surface area contributed by atoms with Gasteiger partial charge in [0.1, 0.15) is 18.1 Å². The number of benzene rings is 1. The van der Waals surface area contributed by atoms with Crippen LogP contribution in [0.25, 0.3) is 0 Å². The number of hydrogen-bond acceptors (Lipinski definition) is 7. The van der Waals surface area contributed by atoms with E-state index in [-0.39, 0.29) is 12.0 Å². The topological polar surface area (TPSA) is 240 Å². The summed E-state index contributed by atoms with van der Waals surface area (Å²) in [7, 11) is 0. The largest absolute Gasteiger partial charge is 0.480 e. The zero-order valence-corrected chi connectivity index (χ0v) is 17.9. The van der Waals surface area contributed by atoms with Crippen LogP contribution in [0.5, 0.6) is 0 Å². The fourth-order valence-corrected chi connectivity index (χ4v) is 2.49. The minimum Gasteiger partial charge on any atom is -0.480 e. The quantitative estimate of drug-likeness (QED) is 0.127. The lowest BCUT2D eigenvalue weighted by atomic mass is 10.1. The third kappa shape index (κ3) is 14.7. The number of carboxylic acids is 3. The molecule has 0 amide bonds. The Bertz CT molecular complexity index is 721. The van der Waals surface area contributed by atoms with Crippen LogP contribution >= 0.6 is 0 Å². The van der Waals surface area contributed by atoms with Gasteiger partial charge in [0, 0.05) is 6.54 Å². The summed E-state index contributed by atoms with van der Waals surface area (Å²) in [5.74, 6) is -2.67. The van der Waals surface area contributed by atoms with Crippen LogP contribution < -0.4 is 28.3 Å². The minimum absolute atomic E-state index is 0.0129. The number of nitrogens with zero attached hydrogens (tertiary/aromatic N) is 1. The first-order valence-electron chi connectivity index (χ1n) is 10.1. The van der Waals surface area contributed by atoms with Crippen LogP contribution in [0.1, 0.15) is 31.2 Å². The lowest BCUT2D eigenvalue weighted by molar-refractivity contribution is -0.139. The minimum atomic E-state index is -1.00. The molecule has 1 aromatic rings. The molecule has 12 heteroatoms. The van der Waals surface area contributed by atoms with Crippen molar-refractivity contribution in [3.8, 4) is 0 Å². The third-order valence-electron chi connectivity index (χ3n) is 4.26. The molecule has 0 aromatic heterocycles. The SMILES string of the molecule is NC(N)=NCCC[C@H](N)C(=O)O.N[C@H](Cc1ccccc1)C(=O)O.O=C(O)[C@@H]1CCCN1. The van der Waals surface area contributed by atoms with Crippen LogP contribution in [0, 0.1) is 0 Å². The van der Waals surface area contributed by atoms with Crippen molar-refractivity contribution >= 4 is 23.9 Å². The van der Waals surface area contributed by atoms with Gasteiger partial charge in [0.15, 0.2) is 5.96 Å². The van der Waals surface area contributed by atoms with Crippen molar-refractivity contribution in [1.29, 1.82) is 0 Å². The number of aliphatic carboxylic acids is 3. The number of hydrogen-bond donors (Lipinski definition) is 8. The molecular formula is C20H34N6O6. The average Bonchev–Trinajstić information content (AvgIpc) is 3.28. The second-order valence-corrected chi connectivity index (χ2v) is 7.02. The van der Waals surface area contributed by atoms with Gasteiger partial charge in [-0.2, -0.15) is 0 Å². The smallest absolute Gasteiger partial charge is 0.320 e. The molecule has 32 heavy (non-hydrogen) atoms. The highest BCUT2D eigenvalue weighted by atomic mass is 16.4. The van der Waals surface area contributed by atoms with Gasteiger partial charge >= 0.3 is 17.9 Å². The fourth-order valence-electron chi connectivity index (χ4n) is 2.49. The van der Waals surface area contributed by atoms with Gasteiger partial charge in [-0.25, -0.2) is 0 Å². The average molecular weight is 455 g/mol. The van der Waals surface area contributed by atoms with Crippen LogP contribution in [0.15, 0.2) is 35.3 Å². The summed E-state index contributed by atoms with van der Waals surface area (Å²) < 4.78 is 0. The fraction of sp³-hybridized carbons (Fsp3) is 0.500. The summed E-state index contributed by atoms with van der Waals surface area (Å²) >= 11 is 0. The van der Waals surface area contributed by atoms with Crippen molar-refractivity contribution in [2.24, 2.45) is 27.9 Å². The van der Waals surface area contributed by atoms with E-state index in [1.54, 1.807) is 0 Å². The van der Waals surface area contributed by atoms with Crippen molar-refractivity contribution in [1.82, 2.24) is 5.32 Å². The Morgan fingerprint density at radius 3 is 2.03 bits per heavy atom. The Hall–Kier alpha value is -3.22. The Kier molecular flexibility index (Phi) is 14.8. The molecule has 0 aliphatic carbocycles. The van der Waals surface area contributed by atoms with Crippen LogP contribution in [-0.4, -0.2) is 70.4 Å². The first-order valence-corrected chi connectivity index (χ1v) is 10.1. The van der Waals surface area contributed by atoms with Gasteiger partial charge in [-0.05, 0) is 44.2 Å². The molecule has 12 N–H and O–H groups in total. The second kappa shape index (κ2) is 16.5. The summed E-state index contributed by atoms with van der Waals surface area (Å²) in [6.07, 6.45) is 3.12. The Morgan fingerprint density at radius 1 is 1.03 bits per heavy atom. The summed E-state index contributed by atoms with van der Waals surface area (Å²) in [4.78, 5) is 34.4. The standard InChI is InChI=1S/C9H11NO2.C6H14N4O2.C5H9NO2/c10-8(9(11)12)6-7-4-2-1-3-5-7;7-4(5(11)12)2-1-3-10-6(8)9;7-5(8)4-2-1-3-6-4/h1-5,8H,6,10H2,(H,11,12);4H,1-3,7H2,(H,11,12)(H4,8,9,10);4,6H,1-3H2,(H,7,8)/t8-;2*4-/m100/s1. The van der Waals surface area contributed by atoms with Crippen LogP contribution in [0.3, 0.4) is 0 Å². The number of nitrogens with two attached hydrogens (primary N) is 4. The zero-order valence-electron chi connectivity index (χ0n) is 17.9. The molecule has 0 radical (unpaired) electrons. The molecule has 1 aromatic carbocycles. The molecule has 0 spiro atoms. The van der Waals surface area contributed by atoms with Gasteiger partial charge in [0.05, 0.1) is 0 Å². The molecule has 1 aliphatic rings. The number of carbonyl (C=O) groups is 3. The van der Waals surface area contributed by atoms with Crippen LogP contribution in [0.2, 0.25) is 0 Å². The lowest BCUT2D eigenvalue weighted by Crippen LogP contribution is -2.32. The van der Waals surface area contributed by atoms with E-state index in [0.29, 0.717) is 25.8 Å². The molecule has 0 saturated carbocycles. The van der Waals surface area contributed by atoms with Crippen LogP contribution in [0.4, 0.5) is 0 Å². The highest BCUT2D eigenvalue weighted by Gasteiger charge is 2.20. The Labute approximate surface area is 186 Å². The summed E-state index contributed by atoms with van der Waals surface area (Å²) in [5, 5.41) is 28.1. The summed E-state index contributed by atoms with van der Waals surface area (Å²) in [6, 6.07) is 7.46. The van der Waals surface area contributed by atoms with Crippen molar-refractivity contribution in [2.45, 2.75) is 50.2 Å². The highest BCUT2D eigenvalue weighted by molar-refractivity contribution is 5.75. The van der Waals surface area contributed by atoms with E-state index in [2.05, 4.69) is 10.3 Å². The first kappa shape index (κ1) is 28.8. The normalized spacial score (nSPS) is 16.2. The molecule has 1 fully saturated rings. The number of rotatable bonds is 9. The molecular weight excluding hydrogens is 420 g/mol. The second-order valence-electron chi connectivity index (χ2n) is 7.02. The zero-order chi connectivity index (χ0) is 24.5. The Morgan fingerprint density at radius 2 is 1.62 bits per heavy atom. The Balaban J connectivity index is 0.000000460. The molecule has 1 heterocycles. The highest BCUT2D eigenvalue weighted by Crippen LogP contribution is 2.03. The molecule has 1 saturated heterocycles. The monoisotopic (exact) mass is 454 g/mol. The van der Waals surface area contributed by atoms with Gasteiger partial charge in [-0.3, -0.25) is 19.4 Å². The lowest BCUT2D eigenvalue weighted by Gasteiger charge is -2.04. The van der Waals surface area contributed by atoms with E-state index in [9.17, 15) is 14.4 Å². The van der Waals surface area contributed by atoms with E-state index >= 15 is 0 Å². The number of guanidine groups is 1. The molecule has 3 atom stereocenters. The summed E-state index contributed by atoms with van der Waals surface area (Å²) in [5.41, 5.74) is 21.6. The van der Waals surface area contributed by atoms with Crippen LogP contribution in [-0.2, 0) is 20.8 Å². The maximum atomic E-state index is 10.4. The first-order chi connectivity index (χ1) is 15.0. The molecule has 12 nitrogen and oxygen atoms in total.